The molecule has 27 heavy (non-hydrogen) atoms. The molecule has 0 bridgehead atoms. The van der Waals surface area contributed by atoms with Crippen molar-refractivity contribution in [3.8, 4) is 0 Å². The molecule has 0 saturated heterocycles. The molecule has 10 heteroatoms. The summed E-state index contributed by atoms with van der Waals surface area (Å²) in [5.74, 6) is 0.0451. The first kappa shape index (κ1) is 20.0. The first-order chi connectivity index (χ1) is 12.8. The summed E-state index contributed by atoms with van der Waals surface area (Å²) in [6, 6.07) is 6.87. The number of rotatable bonds is 8. The Hall–Kier alpha value is -3.27. The number of non-ortho nitro benzene ring substituents is 1. The fourth-order valence-electron chi connectivity index (χ4n) is 2.30. The molecule has 0 fully saturated rings. The number of hydrogen-bond donors (Lipinski definition) is 2. The number of nitro groups is 1. The lowest BCUT2D eigenvalue weighted by molar-refractivity contribution is -0.857. The van der Waals surface area contributed by atoms with Crippen molar-refractivity contribution in [1.82, 2.24) is 10.1 Å². The van der Waals surface area contributed by atoms with E-state index < -0.39 is 10.8 Å². The Kier molecular flexibility index (Phi) is 6.61. The second-order valence-corrected chi connectivity index (χ2v) is 6.36. The Balaban J connectivity index is 2.10. The maximum absolute atomic E-state index is 12.8. The maximum Gasteiger partial charge on any atom is 0.269 e. The Labute approximate surface area is 155 Å². The molecule has 10 nitrogen and oxygen atoms in total. The number of nitro benzene ring substituents is 1. The van der Waals surface area contributed by atoms with Gasteiger partial charge in [-0.15, -0.1) is 0 Å². The van der Waals surface area contributed by atoms with Crippen molar-refractivity contribution in [2.75, 3.05) is 39.0 Å². The van der Waals surface area contributed by atoms with Gasteiger partial charge < -0.3 is 19.6 Å². The van der Waals surface area contributed by atoms with Crippen molar-refractivity contribution in [1.29, 1.82) is 0 Å². The average molecular weight is 376 g/mol. The quantitative estimate of drug-likeness (QED) is 0.498. The van der Waals surface area contributed by atoms with Crippen molar-refractivity contribution < 1.29 is 23.9 Å². The van der Waals surface area contributed by atoms with Crippen LogP contribution in [0.15, 0.2) is 34.9 Å². The van der Waals surface area contributed by atoms with Gasteiger partial charge in [0.2, 0.25) is 5.91 Å². The fraction of sp³-hybridized carbons (Fsp3) is 0.353. The van der Waals surface area contributed by atoms with Gasteiger partial charge in [0.15, 0.2) is 5.82 Å². The van der Waals surface area contributed by atoms with E-state index in [0.717, 1.165) is 4.90 Å². The van der Waals surface area contributed by atoms with Gasteiger partial charge in [0.05, 0.1) is 32.1 Å². The fourth-order valence-corrected chi connectivity index (χ4v) is 2.30. The number of hydrogen-bond acceptors (Lipinski definition) is 6. The van der Waals surface area contributed by atoms with E-state index in [9.17, 15) is 19.7 Å². The predicted octanol–water partition coefficient (Wildman–Crippen LogP) is 0.117. The molecule has 144 valence electrons. The highest BCUT2D eigenvalue weighted by molar-refractivity contribution is 5.99. The molecule has 2 amide bonds. The summed E-state index contributed by atoms with van der Waals surface area (Å²) in [4.78, 5) is 37.8. The lowest BCUT2D eigenvalue weighted by Crippen LogP contribution is -3.06. The summed E-state index contributed by atoms with van der Waals surface area (Å²) < 4.78 is 4.89. The Morgan fingerprint density at radius 2 is 1.96 bits per heavy atom. The smallest absolute Gasteiger partial charge is 0.269 e. The average Bonchev–Trinajstić information content (AvgIpc) is 3.02. The topological polar surface area (TPSA) is 123 Å². The first-order valence-electron chi connectivity index (χ1n) is 8.32. The van der Waals surface area contributed by atoms with Crippen LogP contribution < -0.4 is 10.2 Å². The molecular formula is C17H22N5O5+. The molecule has 1 aromatic carbocycles. The number of quaternary nitrogens is 1. The second kappa shape index (κ2) is 8.90. The molecule has 0 saturated carbocycles. The molecule has 2 rings (SSSR count). The third kappa shape index (κ3) is 5.89. The Morgan fingerprint density at radius 1 is 1.30 bits per heavy atom. The molecule has 0 atom stereocenters. The Morgan fingerprint density at radius 3 is 2.48 bits per heavy atom. The van der Waals surface area contributed by atoms with Gasteiger partial charge >= 0.3 is 0 Å². The molecular weight excluding hydrogens is 354 g/mol. The number of aryl methyl sites for hydroxylation is 1. The standard InChI is InChI=1S/C17H21N5O5/c1-12-10-15(19-27-12)18-16(23)11-21(9-8-20(2)3)17(24)13-4-6-14(7-5-13)22(25)26/h4-7,10H,8-9,11H2,1-3H3,(H,18,19,23)/p+1. The third-order valence-electron chi connectivity index (χ3n) is 3.72. The number of carbonyl (C=O) groups is 2. The molecule has 0 spiro atoms. The van der Waals surface area contributed by atoms with E-state index >= 15 is 0 Å². The largest absolute Gasteiger partial charge is 0.360 e. The molecule has 2 N–H and O–H groups in total. The number of amides is 2. The minimum atomic E-state index is -0.533. The van der Waals surface area contributed by atoms with Gasteiger partial charge in [0.1, 0.15) is 12.3 Å². The van der Waals surface area contributed by atoms with Gasteiger partial charge in [-0.05, 0) is 19.1 Å². The molecule has 0 aliphatic rings. The van der Waals surface area contributed by atoms with Crippen LogP contribution in [0.3, 0.4) is 0 Å². The summed E-state index contributed by atoms with van der Waals surface area (Å²) >= 11 is 0. The van der Waals surface area contributed by atoms with E-state index in [1.165, 1.54) is 29.2 Å². The number of carbonyl (C=O) groups excluding carboxylic acids is 2. The second-order valence-electron chi connectivity index (χ2n) is 6.36. The molecule has 0 aliphatic heterocycles. The predicted molar refractivity (Wildman–Crippen MR) is 96.5 cm³/mol. The minimum absolute atomic E-state index is 0.102. The highest BCUT2D eigenvalue weighted by atomic mass is 16.6. The minimum Gasteiger partial charge on any atom is -0.360 e. The van der Waals surface area contributed by atoms with Gasteiger partial charge in [0, 0.05) is 23.8 Å². The van der Waals surface area contributed by atoms with Crippen molar-refractivity contribution in [2.45, 2.75) is 6.92 Å². The van der Waals surface area contributed by atoms with Gasteiger partial charge in [-0.1, -0.05) is 5.16 Å². The molecule has 0 radical (unpaired) electrons. The zero-order valence-electron chi connectivity index (χ0n) is 15.4. The number of aromatic nitrogens is 1. The number of nitrogens with zero attached hydrogens (tertiary/aromatic N) is 3. The van der Waals surface area contributed by atoms with Gasteiger partial charge in [-0.25, -0.2) is 0 Å². The lowest BCUT2D eigenvalue weighted by atomic mass is 10.1. The molecule has 1 aromatic heterocycles. The normalized spacial score (nSPS) is 10.7. The van der Waals surface area contributed by atoms with Crippen LogP contribution in [0.5, 0.6) is 0 Å². The first-order valence-corrected chi connectivity index (χ1v) is 8.32. The van der Waals surface area contributed by atoms with Crippen LogP contribution in [0, 0.1) is 17.0 Å². The highest BCUT2D eigenvalue weighted by Gasteiger charge is 2.21. The summed E-state index contributed by atoms with van der Waals surface area (Å²) in [6.07, 6.45) is 0. The van der Waals surface area contributed by atoms with Crippen molar-refractivity contribution in [2.24, 2.45) is 0 Å². The van der Waals surface area contributed by atoms with E-state index in [1.54, 1.807) is 13.0 Å². The van der Waals surface area contributed by atoms with Gasteiger partial charge in [0.25, 0.3) is 11.6 Å². The van der Waals surface area contributed by atoms with E-state index in [2.05, 4.69) is 10.5 Å². The summed E-state index contributed by atoms with van der Waals surface area (Å²) in [6.45, 7) is 2.51. The molecule has 0 unspecified atom stereocenters. The van der Waals surface area contributed by atoms with Crippen LogP contribution in [0.25, 0.3) is 0 Å². The van der Waals surface area contributed by atoms with Crippen LogP contribution >= 0.6 is 0 Å². The van der Waals surface area contributed by atoms with E-state index in [4.69, 9.17) is 4.52 Å². The van der Waals surface area contributed by atoms with Crippen molar-refractivity contribution >= 4 is 23.3 Å². The highest BCUT2D eigenvalue weighted by Crippen LogP contribution is 2.14. The maximum atomic E-state index is 12.8. The molecule has 1 heterocycles. The number of likely N-dealkylation sites (N-methyl/N-ethyl adjacent to an activating group) is 1. The lowest BCUT2D eigenvalue weighted by Gasteiger charge is -2.22. The summed E-state index contributed by atoms with van der Waals surface area (Å²) in [5, 5.41) is 17.0. The summed E-state index contributed by atoms with van der Waals surface area (Å²) in [7, 11) is 3.87. The zero-order chi connectivity index (χ0) is 20.0. The van der Waals surface area contributed by atoms with Crippen LogP contribution in [-0.2, 0) is 4.79 Å². The van der Waals surface area contributed by atoms with Gasteiger partial charge in [-0.3, -0.25) is 19.7 Å². The number of anilines is 1. The number of benzene rings is 1. The van der Waals surface area contributed by atoms with Crippen LogP contribution in [-0.4, -0.2) is 60.5 Å². The molecule has 2 aromatic rings. The van der Waals surface area contributed by atoms with E-state index in [1.807, 2.05) is 14.1 Å². The zero-order valence-corrected chi connectivity index (χ0v) is 15.4. The van der Waals surface area contributed by atoms with Crippen molar-refractivity contribution in [3.63, 3.8) is 0 Å². The number of nitrogens with one attached hydrogen (secondary N) is 2. The SMILES string of the molecule is Cc1cc(NC(=O)CN(CC[NH+](C)C)C(=O)c2ccc([N+](=O)[O-])cc2)no1. The van der Waals surface area contributed by atoms with Gasteiger partial charge in [-0.2, -0.15) is 0 Å². The molecule has 0 aliphatic carbocycles. The monoisotopic (exact) mass is 376 g/mol. The van der Waals surface area contributed by atoms with Crippen molar-refractivity contribution in [3.05, 3.63) is 51.8 Å². The summed E-state index contributed by atoms with van der Waals surface area (Å²) in [5.41, 5.74) is 0.175. The van der Waals surface area contributed by atoms with Crippen LogP contribution in [0.4, 0.5) is 11.5 Å². The van der Waals surface area contributed by atoms with Crippen LogP contribution in [0.1, 0.15) is 16.1 Å². The Bertz CT molecular complexity index is 815. The third-order valence-corrected chi connectivity index (χ3v) is 3.72. The van der Waals surface area contributed by atoms with E-state index in [-0.39, 0.29) is 29.5 Å². The van der Waals surface area contributed by atoms with Crippen LogP contribution in [0.2, 0.25) is 0 Å². The van der Waals surface area contributed by atoms with E-state index in [0.29, 0.717) is 18.8 Å².